The predicted octanol–water partition coefficient (Wildman–Crippen LogP) is 1.52. The number of hydrogen-bond acceptors (Lipinski definition) is 3. The molecule has 2 rings (SSSR count). The van der Waals surface area contributed by atoms with E-state index in [1.165, 1.54) is 18.7 Å². The number of carbonyl (C=O) groups is 2. The second-order valence-corrected chi connectivity index (χ2v) is 4.93. The average Bonchev–Trinajstić information content (AvgIpc) is 2.84. The Hall–Kier alpha value is -1.98. The van der Waals surface area contributed by atoms with Crippen molar-refractivity contribution in [2.45, 2.75) is 32.4 Å². The Morgan fingerprint density at radius 2 is 2.22 bits per heavy atom. The van der Waals surface area contributed by atoms with Gasteiger partial charge in [-0.05, 0) is 32.9 Å². The van der Waals surface area contributed by atoms with Gasteiger partial charge >= 0.3 is 12.0 Å². The molecule has 1 atom stereocenters. The summed E-state index contributed by atoms with van der Waals surface area (Å²) in [5.41, 5.74) is -1.24. The maximum Gasteiger partial charge on any atom is 0.329 e. The monoisotopic (exact) mass is 252 g/mol. The van der Waals surface area contributed by atoms with E-state index in [0.717, 1.165) is 5.76 Å². The largest absolute Gasteiger partial charge is 0.480 e. The number of nitrogens with one attached hydrogen (secondary N) is 1. The van der Waals surface area contributed by atoms with E-state index in [9.17, 15) is 9.59 Å². The Morgan fingerprint density at radius 1 is 1.56 bits per heavy atom. The molecule has 98 valence electrons. The van der Waals surface area contributed by atoms with Crippen LogP contribution in [0.5, 0.6) is 0 Å². The molecule has 2 heterocycles. The first-order valence-electron chi connectivity index (χ1n) is 5.70. The van der Waals surface area contributed by atoms with Crippen molar-refractivity contribution < 1.29 is 19.1 Å². The van der Waals surface area contributed by atoms with Gasteiger partial charge in [0, 0.05) is 0 Å². The number of nitrogens with zero attached hydrogens (tertiary/aromatic N) is 1. The number of rotatable bonds is 3. The van der Waals surface area contributed by atoms with E-state index < -0.39 is 11.5 Å². The summed E-state index contributed by atoms with van der Waals surface area (Å²) in [4.78, 5) is 24.3. The number of aryl methyl sites for hydroxylation is 1. The standard InChI is InChI=1S/C12H16N2O4/c1-7-4-5-9(18-7)8-6-14(11(17)13-8)12(2,3)10(15)16/h4-5,8H,6H2,1-3H3,(H,13,17)(H,15,16). The molecule has 2 N–H and O–H groups in total. The third-order valence-corrected chi connectivity index (χ3v) is 3.21. The van der Waals surface area contributed by atoms with Crippen molar-refractivity contribution in [3.05, 3.63) is 23.7 Å². The van der Waals surface area contributed by atoms with Gasteiger partial charge in [-0.1, -0.05) is 0 Å². The van der Waals surface area contributed by atoms with E-state index in [2.05, 4.69) is 5.32 Å². The summed E-state index contributed by atoms with van der Waals surface area (Å²) in [5.74, 6) is 0.369. The van der Waals surface area contributed by atoms with Crippen LogP contribution >= 0.6 is 0 Å². The van der Waals surface area contributed by atoms with E-state index in [1.807, 2.05) is 13.0 Å². The van der Waals surface area contributed by atoms with Crippen LogP contribution in [-0.2, 0) is 4.79 Å². The highest BCUT2D eigenvalue weighted by Gasteiger charge is 2.44. The highest BCUT2D eigenvalue weighted by molar-refractivity contribution is 5.87. The quantitative estimate of drug-likeness (QED) is 0.854. The predicted molar refractivity (Wildman–Crippen MR) is 63.1 cm³/mol. The molecule has 2 amide bonds. The van der Waals surface area contributed by atoms with Crippen molar-refractivity contribution >= 4 is 12.0 Å². The van der Waals surface area contributed by atoms with Gasteiger partial charge in [-0.2, -0.15) is 0 Å². The van der Waals surface area contributed by atoms with Gasteiger partial charge < -0.3 is 19.7 Å². The summed E-state index contributed by atoms with van der Waals surface area (Å²) >= 11 is 0. The van der Waals surface area contributed by atoms with Crippen molar-refractivity contribution in [1.82, 2.24) is 10.2 Å². The summed E-state index contributed by atoms with van der Waals surface area (Å²) in [6.45, 7) is 5.11. The third-order valence-electron chi connectivity index (χ3n) is 3.21. The highest BCUT2D eigenvalue weighted by atomic mass is 16.4. The minimum atomic E-state index is -1.24. The van der Waals surface area contributed by atoms with Crippen LogP contribution in [0, 0.1) is 6.92 Å². The zero-order chi connectivity index (χ0) is 13.5. The molecule has 0 saturated carbocycles. The zero-order valence-corrected chi connectivity index (χ0v) is 10.6. The van der Waals surface area contributed by atoms with E-state index in [4.69, 9.17) is 9.52 Å². The molecule has 0 spiro atoms. The van der Waals surface area contributed by atoms with Gasteiger partial charge in [0.1, 0.15) is 23.1 Å². The van der Waals surface area contributed by atoms with Crippen molar-refractivity contribution in [2.75, 3.05) is 6.54 Å². The molecule has 18 heavy (non-hydrogen) atoms. The molecule has 0 aromatic carbocycles. The first-order valence-corrected chi connectivity index (χ1v) is 5.70. The van der Waals surface area contributed by atoms with Crippen LogP contribution in [-0.4, -0.2) is 34.1 Å². The molecule has 0 bridgehead atoms. The molecule has 6 heteroatoms. The molecule has 1 aliphatic rings. The Labute approximate surface area is 105 Å². The first kappa shape index (κ1) is 12.5. The Kier molecular flexibility index (Phi) is 2.80. The maximum atomic E-state index is 11.8. The fourth-order valence-electron chi connectivity index (χ4n) is 1.94. The van der Waals surface area contributed by atoms with Crippen LogP contribution in [0.1, 0.15) is 31.4 Å². The number of furan rings is 1. The van der Waals surface area contributed by atoms with Crippen LogP contribution in [0.2, 0.25) is 0 Å². The molecule has 1 aromatic heterocycles. The van der Waals surface area contributed by atoms with Gasteiger partial charge in [0.15, 0.2) is 0 Å². The fraction of sp³-hybridized carbons (Fsp3) is 0.500. The molecule has 0 aliphatic carbocycles. The average molecular weight is 252 g/mol. The minimum absolute atomic E-state index is 0.283. The summed E-state index contributed by atoms with van der Waals surface area (Å²) in [7, 11) is 0. The van der Waals surface area contributed by atoms with Crippen molar-refractivity contribution in [3.8, 4) is 0 Å². The molecule has 1 aliphatic heterocycles. The van der Waals surface area contributed by atoms with Crippen molar-refractivity contribution in [2.24, 2.45) is 0 Å². The topological polar surface area (TPSA) is 82.8 Å². The molecule has 1 aromatic rings. The van der Waals surface area contributed by atoms with E-state index in [0.29, 0.717) is 5.76 Å². The lowest BCUT2D eigenvalue weighted by Gasteiger charge is -2.30. The minimum Gasteiger partial charge on any atom is -0.480 e. The van der Waals surface area contributed by atoms with Gasteiger partial charge in [-0.25, -0.2) is 9.59 Å². The number of carboxylic acid groups (broad SMARTS) is 1. The van der Waals surface area contributed by atoms with Crippen LogP contribution in [0.15, 0.2) is 16.5 Å². The molecular formula is C12H16N2O4. The first-order chi connectivity index (χ1) is 8.32. The van der Waals surface area contributed by atoms with Crippen LogP contribution in [0.4, 0.5) is 4.79 Å². The van der Waals surface area contributed by atoms with Crippen LogP contribution < -0.4 is 5.32 Å². The van der Waals surface area contributed by atoms with Gasteiger partial charge in [0.25, 0.3) is 0 Å². The van der Waals surface area contributed by atoms with Crippen molar-refractivity contribution in [3.63, 3.8) is 0 Å². The molecule has 0 radical (unpaired) electrons. The zero-order valence-electron chi connectivity index (χ0n) is 10.6. The Balaban J connectivity index is 2.19. The smallest absolute Gasteiger partial charge is 0.329 e. The van der Waals surface area contributed by atoms with E-state index in [1.54, 1.807) is 6.07 Å². The number of hydrogen-bond donors (Lipinski definition) is 2. The molecular weight excluding hydrogens is 236 g/mol. The Bertz CT molecular complexity index is 492. The second kappa shape index (κ2) is 4.04. The van der Waals surface area contributed by atoms with E-state index in [-0.39, 0.29) is 18.6 Å². The maximum absolute atomic E-state index is 11.8. The SMILES string of the molecule is Cc1ccc(C2CN(C(C)(C)C(=O)O)C(=O)N2)o1. The number of carbonyl (C=O) groups excluding carboxylic acids is 1. The van der Waals surface area contributed by atoms with Crippen LogP contribution in [0.25, 0.3) is 0 Å². The second-order valence-electron chi connectivity index (χ2n) is 4.93. The van der Waals surface area contributed by atoms with Gasteiger partial charge in [0.05, 0.1) is 6.54 Å². The molecule has 1 unspecified atom stereocenters. The fourth-order valence-corrected chi connectivity index (χ4v) is 1.94. The Morgan fingerprint density at radius 3 is 2.72 bits per heavy atom. The normalized spacial score (nSPS) is 20.1. The van der Waals surface area contributed by atoms with Gasteiger partial charge in [0.2, 0.25) is 0 Å². The van der Waals surface area contributed by atoms with Gasteiger partial charge in [-0.15, -0.1) is 0 Å². The third kappa shape index (κ3) is 1.94. The van der Waals surface area contributed by atoms with Crippen molar-refractivity contribution in [1.29, 1.82) is 0 Å². The van der Waals surface area contributed by atoms with Crippen LogP contribution in [0.3, 0.4) is 0 Å². The lowest BCUT2D eigenvalue weighted by atomic mass is 10.0. The lowest BCUT2D eigenvalue weighted by molar-refractivity contribution is -0.147. The summed E-state index contributed by atoms with van der Waals surface area (Å²) in [6.07, 6.45) is 0. The van der Waals surface area contributed by atoms with E-state index >= 15 is 0 Å². The molecule has 6 nitrogen and oxygen atoms in total. The summed E-state index contributed by atoms with van der Waals surface area (Å²) in [5, 5.41) is 11.9. The summed E-state index contributed by atoms with van der Waals surface area (Å²) in [6, 6.07) is 2.91. The number of aliphatic carboxylic acids is 1. The molecule has 1 saturated heterocycles. The highest BCUT2D eigenvalue weighted by Crippen LogP contribution is 2.27. The molecule has 1 fully saturated rings. The number of amides is 2. The summed E-state index contributed by atoms with van der Waals surface area (Å²) < 4.78 is 5.45. The van der Waals surface area contributed by atoms with Gasteiger partial charge in [-0.3, -0.25) is 0 Å². The number of carboxylic acids is 1. The lowest BCUT2D eigenvalue weighted by Crippen LogP contribution is -2.51. The number of urea groups is 1.